The number of Topliss-reactive ketones (excluding diaryl/α,β-unsaturated/α-hetero) is 2. The highest BCUT2D eigenvalue weighted by Crippen LogP contribution is 2.55. The second-order valence-electron chi connectivity index (χ2n) is 7.76. The Morgan fingerprint density at radius 1 is 1.22 bits per heavy atom. The highest BCUT2D eigenvalue weighted by Gasteiger charge is 2.55. The van der Waals surface area contributed by atoms with E-state index in [1.54, 1.807) is 6.92 Å². The lowest BCUT2D eigenvalue weighted by molar-refractivity contribution is -0.136. The molecular weight excluding hydrogens is 292 g/mol. The van der Waals surface area contributed by atoms with Gasteiger partial charge in [0, 0.05) is 23.8 Å². The fraction of sp³-hybridized carbons (Fsp3) is 0.526. The Bertz CT molecular complexity index is 744. The highest BCUT2D eigenvalue weighted by atomic mass is 16.4. The van der Waals surface area contributed by atoms with Gasteiger partial charge in [-0.15, -0.1) is 0 Å². The van der Waals surface area contributed by atoms with Gasteiger partial charge in [0.05, 0.1) is 5.56 Å². The first-order valence-electron chi connectivity index (χ1n) is 8.04. The predicted molar refractivity (Wildman–Crippen MR) is 85.9 cm³/mol. The molecule has 0 aromatic heterocycles. The number of carboxylic acid groups (broad SMARTS) is 1. The third kappa shape index (κ3) is 2.07. The van der Waals surface area contributed by atoms with Gasteiger partial charge in [0.2, 0.25) is 0 Å². The van der Waals surface area contributed by atoms with Crippen LogP contribution < -0.4 is 0 Å². The van der Waals surface area contributed by atoms with Crippen molar-refractivity contribution in [2.75, 3.05) is 0 Å². The van der Waals surface area contributed by atoms with Crippen LogP contribution >= 0.6 is 0 Å². The maximum absolute atomic E-state index is 12.7. The second-order valence-corrected chi connectivity index (χ2v) is 7.76. The zero-order valence-corrected chi connectivity index (χ0v) is 14.0. The second kappa shape index (κ2) is 4.76. The van der Waals surface area contributed by atoms with E-state index >= 15 is 0 Å². The number of hydrogen-bond donors (Lipinski definition) is 1. The minimum atomic E-state index is -1.01. The number of carbonyl (C=O) groups is 3. The summed E-state index contributed by atoms with van der Waals surface area (Å²) in [6, 6.07) is 3.38. The van der Waals surface area contributed by atoms with Crippen LogP contribution in [0.25, 0.3) is 0 Å². The van der Waals surface area contributed by atoms with E-state index in [2.05, 4.69) is 6.92 Å². The van der Waals surface area contributed by atoms with Gasteiger partial charge in [-0.2, -0.15) is 0 Å². The van der Waals surface area contributed by atoms with Gasteiger partial charge < -0.3 is 5.11 Å². The number of aryl methyl sites for hydroxylation is 1. The molecule has 2 unspecified atom stereocenters. The number of aromatic carboxylic acids is 1. The van der Waals surface area contributed by atoms with Crippen LogP contribution in [0.5, 0.6) is 0 Å². The summed E-state index contributed by atoms with van der Waals surface area (Å²) in [5, 5.41) is 9.31. The van der Waals surface area contributed by atoms with Gasteiger partial charge in [0.1, 0.15) is 5.78 Å². The summed E-state index contributed by atoms with van der Waals surface area (Å²) in [7, 11) is 0. The van der Waals surface area contributed by atoms with Gasteiger partial charge in [0.15, 0.2) is 5.78 Å². The summed E-state index contributed by atoms with van der Waals surface area (Å²) in [4.78, 5) is 36.4. The van der Waals surface area contributed by atoms with E-state index < -0.39 is 11.4 Å². The molecule has 0 aliphatic heterocycles. The summed E-state index contributed by atoms with van der Waals surface area (Å²) in [6.45, 7) is 7.76. The Morgan fingerprint density at radius 3 is 2.48 bits per heavy atom. The molecule has 1 aromatic carbocycles. The molecule has 1 N–H and O–H groups in total. The normalized spacial score (nSPS) is 29.0. The van der Waals surface area contributed by atoms with Crippen LogP contribution in [0.15, 0.2) is 12.1 Å². The summed E-state index contributed by atoms with van der Waals surface area (Å²) in [6.07, 6.45) is 1.53. The summed E-state index contributed by atoms with van der Waals surface area (Å²) in [5.41, 5.74) is 1.51. The molecule has 0 bridgehead atoms. The first kappa shape index (κ1) is 15.9. The Hall–Kier alpha value is -1.97. The molecule has 0 radical (unpaired) electrons. The zero-order chi connectivity index (χ0) is 17.2. The fourth-order valence-electron chi connectivity index (χ4n) is 4.60. The largest absolute Gasteiger partial charge is 0.478 e. The average molecular weight is 314 g/mol. The lowest BCUT2D eigenvalue weighted by Gasteiger charge is -2.52. The molecule has 0 saturated heterocycles. The molecular formula is C19H22O4. The molecule has 0 spiro atoms. The molecule has 1 aromatic rings. The first-order chi connectivity index (χ1) is 10.6. The van der Waals surface area contributed by atoms with Crippen molar-refractivity contribution in [3.05, 3.63) is 34.4 Å². The Balaban J connectivity index is 2.24. The van der Waals surface area contributed by atoms with Gasteiger partial charge in [-0.3, -0.25) is 9.59 Å². The Labute approximate surface area is 135 Å². The lowest BCUT2D eigenvalue weighted by atomic mass is 9.49. The molecule has 0 heterocycles. The molecule has 1 saturated carbocycles. The number of fused-ring (bicyclic) bond motifs is 3. The van der Waals surface area contributed by atoms with Crippen LogP contribution in [0.1, 0.15) is 71.9 Å². The monoisotopic (exact) mass is 314 g/mol. The van der Waals surface area contributed by atoms with E-state index in [9.17, 15) is 19.5 Å². The van der Waals surface area contributed by atoms with Gasteiger partial charge in [-0.1, -0.05) is 26.8 Å². The van der Waals surface area contributed by atoms with Crippen molar-refractivity contribution in [1.82, 2.24) is 0 Å². The van der Waals surface area contributed by atoms with E-state index in [-0.39, 0.29) is 28.5 Å². The molecule has 4 nitrogen and oxygen atoms in total. The van der Waals surface area contributed by atoms with Crippen molar-refractivity contribution in [2.45, 2.75) is 52.4 Å². The molecule has 2 aliphatic rings. The lowest BCUT2D eigenvalue weighted by Crippen LogP contribution is -2.53. The molecule has 4 heteroatoms. The van der Waals surface area contributed by atoms with Crippen LogP contribution in [0.3, 0.4) is 0 Å². The third-order valence-electron chi connectivity index (χ3n) is 6.13. The molecule has 1 fully saturated rings. The maximum atomic E-state index is 12.7. The number of carbonyl (C=O) groups excluding carboxylic acids is 2. The summed E-state index contributed by atoms with van der Waals surface area (Å²) < 4.78 is 0. The van der Waals surface area contributed by atoms with Crippen molar-refractivity contribution in [2.24, 2.45) is 11.3 Å². The number of carboxylic acids is 1. The minimum Gasteiger partial charge on any atom is -0.478 e. The Kier molecular flexibility index (Phi) is 3.29. The van der Waals surface area contributed by atoms with E-state index in [0.29, 0.717) is 30.4 Å². The summed E-state index contributed by atoms with van der Waals surface area (Å²) in [5.74, 6) is -0.876. The van der Waals surface area contributed by atoms with Gasteiger partial charge in [-0.05, 0) is 41.9 Å². The van der Waals surface area contributed by atoms with Gasteiger partial charge in [0.25, 0.3) is 0 Å². The molecule has 2 aliphatic carbocycles. The Morgan fingerprint density at radius 2 is 1.87 bits per heavy atom. The van der Waals surface area contributed by atoms with Gasteiger partial charge >= 0.3 is 5.97 Å². The standard InChI is InChI=1S/C19H22O4/c1-10-7-13-12(8-11(10)17(22)23)14(20)9-15-18(2,3)16(21)5-6-19(13,15)4/h7-8,15H,5-6,9H2,1-4H3,(H,22,23). The van der Waals surface area contributed by atoms with E-state index in [0.717, 1.165) is 5.56 Å². The third-order valence-corrected chi connectivity index (χ3v) is 6.13. The van der Waals surface area contributed by atoms with Crippen LogP contribution in [-0.2, 0) is 10.2 Å². The molecule has 23 heavy (non-hydrogen) atoms. The number of benzene rings is 1. The molecule has 2 atom stereocenters. The van der Waals surface area contributed by atoms with Crippen molar-refractivity contribution >= 4 is 17.5 Å². The van der Waals surface area contributed by atoms with Crippen molar-refractivity contribution < 1.29 is 19.5 Å². The molecule has 0 amide bonds. The quantitative estimate of drug-likeness (QED) is 0.860. The number of ketones is 2. The smallest absolute Gasteiger partial charge is 0.335 e. The average Bonchev–Trinajstić information content (AvgIpc) is 2.46. The summed E-state index contributed by atoms with van der Waals surface area (Å²) >= 11 is 0. The van der Waals surface area contributed by atoms with Crippen molar-refractivity contribution in [3.63, 3.8) is 0 Å². The number of rotatable bonds is 1. The first-order valence-corrected chi connectivity index (χ1v) is 8.04. The highest BCUT2D eigenvalue weighted by molar-refractivity contribution is 6.03. The fourth-order valence-corrected chi connectivity index (χ4v) is 4.60. The van der Waals surface area contributed by atoms with Crippen molar-refractivity contribution in [1.29, 1.82) is 0 Å². The SMILES string of the molecule is Cc1cc2c(cc1C(=O)O)C(=O)CC1C(C)(C)C(=O)CCC21C. The van der Waals surface area contributed by atoms with Crippen LogP contribution in [0.4, 0.5) is 0 Å². The van der Waals surface area contributed by atoms with Gasteiger partial charge in [-0.25, -0.2) is 4.79 Å². The number of hydrogen-bond acceptors (Lipinski definition) is 3. The minimum absolute atomic E-state index is 0.0358. The van der Waals surface area contributed by atoms with Crippen LogP contribution in [-0.4, -0.2) is 22.6 Å². The van der Waals surface area contributed by atoms with Crippen LogP contribution in [0, 0.1) is 18.3 Å². The zero-order valence-electron chi connectivity index (χ0n) is 14.0. The van der Waals surface area contributed by atoms with Crippen molar-refractivity contribution in [3.8, 4) is 0 Å². The van der Waals surface area contributed by atoms with E-state index in [1.807, 2.05) is 19.9 Å². The topological polar surface area (TPSA) is 71.4 Å². The van der Waals surface area contributed by atoms with E-state index in [1.165, 1.54) is 6.07 Å². The predicted octanol–water partition coefficient (Wildman–Crippen LogP) is 3.54. The molecule has 122 valence electrons. The van der Waals surface area contributed by atoms with Crippen LogP contribution in [0.2, 0.25) is 0 Å². The maximum Gasteiger partial charge on any atom is 0.335 e. The molecule has 3 rings (SSSR count). The van der Waals surface area contributed by atoms with E-state index in [4.69, 9.17) is 0 Å².